The minimum Gasteiger partial charge on any atom is -0.497 e. The molecule has 1 aromatic rings. The van der Waals surface area contributed by atoms with Gasteiger partial charge in [0.05, 0.1) is 13.2 Å². The number of rotatable bonds is 7. The molecule has 0 saturated heterocycles. The molecular weight excluding hydrogens is 262 g/mol. The molecule has 1 aromatic carbocycles. The maximum atomic E-state index is 6.27. The second-order valence-corrected chi connectivity index (χ2v) is 6.15. The predicted octanol–water partition coefficient (Wildman–Crippen LogP) is 4.15. The number of hydrogen-bond acceptors (Lipinski definition) is 3. The van der Waals surface area contributed by atoms with Crippen LogP contribution in [0.25, 0.3) is 0 Å². The lowest BCUT2D eigenvalue weighted by molar-refractivity contribution is 0.134. The molecule has 1 aliphatic carbocycles. The predicted molar refractivity (Wildman–Crippen MR) is 87.0 cm³/mol. The van der Waals surface area contributed by atoms with Gasteiger partial charge < -0.3 is 14.8 Å². The summed E-state index contributed by atoms with van der Waals surface area (Å²) in [5.41, 5.74) is 1.20. The van der Waals surface area contributed by atoms with Crippen LogP contribution in [0.1, 0.15) is 51.5 Å². The molecule has 1 saturated carbocycles. The van der Waals surface area contributed by atoms with E-state index in [4.69, 9.17) is 9.47 Å². The lowest BCUT2D eigenvalue weighted by Gasteiger charge is -2.28. The van der Waals surface area contributed by atoms with Crippen molar-refractivity contribution in [2.24, 2.45) is 5.92 Å². The van der Waals surface area contributed by atoms with Gasteiger partial charge in [-0.05, 0) is 62.8 Å². The van der Waals surface area contributed by atoms with E-state index in [2.05, 4.69) is 31.3 Å². The fraction of sp³-hybridized carbons (Fsp3) is 0.667. The monoisotopic (exact) mass is 291 g/mol. The van der Waals surface area contributed by atoms with Crippen molar-refractivity contribution < 1.29 is 9.47 Å². The van der Waals surface area contributed by atoms with Gasteiger partial charge in [0.1, 0.15) is 11.5 Å². The third-order valence-electron chi connectivity index (χ3n) is 4.27. The van der Waals surface area contributed by atoms with E-state index in [1.54, 1.807) is 7.11 Å². The van der Waals surface area contributed by atoms with Gasteiger partial charge in [-0.25, -0.2) is 0 Å². The van der Waals surface area contributed by atoms with Crippen molar-refractivity contribution in [2.75, 3.05) is 13.7 Å². The fourth-order valence-corrected chi connectivity index (χ4v) is 2.86. The van der Waals surface area contributed by atoms with Gasteiger partial charge >= 0.3 is 0 Å². The Kier molecular flexibility index (Phi) is 6.37. The molecule has 3 heteroatoms. The lowest BCUT2D eigenvalue weighted by Crippen LogP contribution is -2.24. The average Bonchev–Trinajstić information content (AvgIpc) is 2.51. The minimum atomic E-state index is 0.375. The van der Waals surface area contributed by atoms with Gasteiger partial charge in [-0.1, -0.05) is 13.8 Å². The zero-order chi connectivity index (χ0) is 15.1. The van der Waals surface area contributed by atoms with Crippen molar-refractivity contribution in [3.05, 3.63) is 23.8 Å². The molecule has 0 unspecified atom stereocenters. The molecule has 1 N–H and O–H groups in total. The van der Waals surface area contributed by atoms with E-state index in [0.29, 0.717) is 6.10 Å². The second-order valence-electron chi connectivity index (χ2n) is 6.15. The summed E-state index contributed by atoms with van der Waals surface area (Å²) in [6.07, 6.45) is 6.43. The number of nitrogens with one attached hydrogen (secondary N) is 1. The van der Waals surface area contributed by atoms with Crippen LogP contribution in [0.4, 0.5) is 0 Å². The molecule has 0 bridgehead atoms. The Bertz CT molecular complexity index is 425. The van der Waals surface area contributed by atoms with Crippen LogP contribution >= 0.6 is 0 Å². The van der Waals surface area contributed by atoms with Crippen LogP contribution in [0.3, 0.4) is 0 Å². The summed E-state index contributed by atoms with van der Waals surface area (Å²) in [4.78, 5) is 0. The highest BCUT2D eigenvalue weighted by Crippen LogP contribution is 2.30. The molecule has 0 aromatic heterocycles. The maximum absolute atomic E-state index is 6.27. The van der Waals surface area contributed by atoms with Crippen molar-refractivity contribution in [3.63, 3.8) is 0 Å². The largest absolute Gasteiger partial charge is 0.497 e. The zero-order valence-electron chi connectivity index (χ0n) is 13.7. The maximum Gasteiger partial charge on any atom is 0.124 e. The third kappa shape index (κ3) is 4.92. The highest BCUT2D eigenvalue weighted by molar-refractivity contribution is 5.40. The molecule has 0 spiro atoms. The van der Waals surface area contributed by atoms with Crippen LogP contribution in [-0.4, -0.2) is 19.8 Å². The summed E-state index contributed by atoms with van der Waals surface area (Å²) in [5.74, 6) is 2.76. The minimum absolute atomic E-state index is 0.375. The summed E-state index contributed by atoms with van der Waals surface area (Å²) in [6.45, 7) is 6.38. The highest BCUT2D eigenvalue weighted by atomic mass is 16.5. The molecule has 0 radical (unpaired) electrons. The normalized spacial score (nSPS) is 22.0. The van der Waals surface area contributed by atoms with Gasteiger partial charge in [-0.15, -0.1) is 0 Å². The second kappa shape index (κ2) is 8.28. The smallest absolute Gasteiger partial charge is 0.124 e. The molecular formula is C18H29NO2. The van der Waals surface area contributed by atoms with E-state index >= 15 is 0 Å². The van der Waals surface area contributed by atoms with E-state index in [0.717, 1.165) is 36.9 Å². The van der Waals surface area contributed by atoms with E-state index < -0.39 is 0 Å². The van der Waals surface area contributed by atoms with Crippen LogP contribution < -0.4 is 14.8 Å². The van der Waals surface area contributed by atoms with Gasteiger partial charge in [0, 0.05) is 12.1 Å². The first kappa shape index (κ1) is 16.2. The standard InChI is InChI=1S/C18H29NO2/c1-4-11-19-13-15-12-17(20-3)9-10-18(15)21-16-7-5-14(2)6-8-16/h9-10,12,14,16,19H,4-8,11,13H2,1-3H3. The van der Waals surface area contributed by atoms with Gasteiger partial charge in [0.15, 0.2) is 0 Å². The molecule has 0 heterocycles. The molecule has 0 amide bonds. The highest BCUT2D eigenvalue weighted by Gasteiger charge is 2.20. The van der Waals surface area contributed by atoms with Crippen molar-refractivity contribution in [1.82, 2.24) is 5.32 Å². The Balaban J connectivity index is 2.02. The SMILES string of the molecule is CCCNCc1cc(OC)ccc1OC1CCC(C)CC1. The Hall–Kier alpha value is -1.22. The summed E-state index contributed by atoms with van der Waals surface area (Å²) >= 11 is 0. The van der Waals surface area contributed by atoms with Crippen LogP contribution in [0, 0.1) is 5.92 Å². The molecule has 21 heavy (non-hydrogen) atoms. The number of hydrogen-bond donors (Lipinski definition) is 1. The van der Waals surface area contributed by atoms with E-state index in [-0.39, 0.29) is 0 Å². The van der Waals surface area contributed by atoms with E-state index in [1.807, 2.05) is 6.07 Å². The summed E-state index contributed by atoms with van der Waals surface area (Å²) < 4.78 is 11.6. The Morgan fingerprint density at radius 3 is 2.62 bits per heavy atom. The molecule has 0 aliphatic heterocycles. The molecule has 118 valence electrons. The van der Waals surface area contributed by atoms with Crippen LogP contribution in [-0.2, 0) is 6.54 Å². The van der Waals surface area contributed by atoms with Crippen LogP contribution in [0.15, 0.2) is 18.2 Å². The number of benzene rings is 1. The topological polar surface area (TPSA) is 30.5 Å². The third-order valence-corrected chi connectivity index (χ3v) is 4.27. The van der Waals surface area contributed by atoms with Crippen LogP contribution in [0.2, 0.25) is 0 Å². The average molecular weight is 291 g/mol. The first-order valence-corrected chi connectivity index (χ1v) is 8.27. The number of ether oxygens (including phenoxy) is 2. The van der Waals surface area contributed by atoms with Gasteiger partial charge in [0.25, 0.3) is 0 Å². The quantitative estimate of drug-likeness (QED) is 0.765. The summed E-state index contributed by atoms with van der Waals surface area (Å²) in [6, 6.07) is 6.13. The molecule has 1 aliphatic rings. The molecule has 1 fully saturated rings. The lowest BCUT2D eigenvalue weighted by atomic mass is 9.89. The van der Waals surface area contributed by atoms with Gasteiger partial charge in [-0.2, -0.15) is 0 Å². The van der Waals surface area contributed by atoms with Crippen LogP contribution in [0.5, 0.6) is 11.5 Å². The van der Waals surface area contributed by atoms with Gasteiger partial charge in [-0.3, -0.25) is 0 Å². The van der Waals surface area contributed by atoms with Gasteiger partial charge in [0.2, 0.25) is 0 Å². The number of methoxy groups -OCH3 is 1. The molecule has 0 atom stereocenters. The van der Waals surface area contributed by atoms with Crippen molar-refractivity contribution >= 4 is 0 Å². The molecule has 3 nitrogen and oxygen atoms in total. The Morgan fingerprint density at radius 2 is 1.95 bits per heavy atom. The van der Waals surface area contributed by atoms with Crippen molar-refractivity contribution in [3.8, 4) is 11.5 Å². The molecule has 2 rings (SSSR count). The Labute approximate surface area is 129 Å². The Morgan fingerprint density at radius 1 is 1.19 bits per heavy atom. The zero-order valence-corrected chi connectivity index (χ0v) is 13.7. The first-order chi connectivity index (χ1) is 10.2. The first-order valence-electron chi connectivity index (χ1n) is 8.27. The van der Waals surface area contributed by atoms with E-state index in [9.17, 15) is 0 Å². The van der Waals surface area contributed by atoms with Crippen molar-refractivity contribution in [1.29, 1.82) is 0 Å². The summed E-state index contributed by atoms with van der Waals surface area (Å²) in [7, 11) is 1.71. The fourth-order valence-electron chi connectivity index (χ4n) is 2.86. The van der Waals surface area contributed by atoms with E-state index in [1.165, 1.54) is 31.2 Å². The van der Waals surface area contributed by atoms with Crippen molar-refractivity contribution in [2.45, 2.75) is 58.6 Å². The summed E-state index contributed by atoms with van der Waals surface area (Å²) in [5, 5.41) is 3.45.